The number of benzene rings is 1. The van der Waals surface area contributed by atoms with Crippen LogP contribution in [0.25, 0.3) is 5.76 Å². The highest BCUT2D eigenvalue weighted by molar-refractivity contribution is 6.25. The van der Waals surface area contributed by atoms with Gasteiger partial charge in [-0.05, 0) is 51.9 Å². The van der Waals surface area contributed by atoms with E-state index < -0.39 is 86.9 Å². The first-order valence-electron chi connectivity index (χ1n) is 13.8. The van der Waals surface area contributed by atoms with Crippen LogP contribution in [0.4, 0.5) is 0 Å². The molecule has 13 nitrogen and oxygen atoms in total. The van der Waals surface area contributed by atoms with Crippen LogP contribution < -0.4 is 5.32 Å². The Morgan fingerprint density at radius 1 is 1.10 bits per heavy atom. The van der Waals surface area contributed by atoms with E-state index in [2.05, 4.69) is 5.32 Å². The molecule has 0 radical (unpaired) electrons. The monoisotopic (exact) mass is 585 g/mol. The van der Waals surface area contributed by atoms with E-state index in [0.717, 1.165) is 0 Å². The number of Topliss-reactive ketones (excluding diaryl/α,β-unsaturated/α-hetero) is 2. The summed E-state index contributed by atoms with van der Waals surface area (Å²) >= 11 is 0. The number of carbonyl (C=O) groups is 4. The second-order valence-electron chi connectivity index (χ2n) is 12.0. The number of phenols is 1. The van der Waals surface area contributed by atoms with Gasteiger partial charge in [-0.2, -0.15) is 0 Å². The molecule has 42 heavy (non-hydrogen) atoms. The van der Waals surface area contributed by atoms with Gasteiger partial charge >= 0.3 is 5.97 Å². The number of aliphatic carboxylic acids is 1. The number of fused-ring (bicyclic) bond motifs is 3. The van der Waals surface area contributed by atoms with E-state index in [1.165, 1.54) is 44.1 Å². The Balaban J connectivity index is 1.54. The lowest BCUT2D eigenvalue weighted by Gasteiger charge is -2.53. The van der Waals surface area contributed by atoms with Gasteiger partial charge in [0.05, 0.1) is 29.8 Å². The largest absolute Gasteiger partial charge is 0.508 e. The molecule has 4 aliphatic rings. The Labute approximate surface area is 241 Å². The number of amides is 1. The summed E-state index contributed by atoms with van der Waals surface area (Å²) in [5.74, 6) is -9.06. The molecule has 1 saturated carbocycles. The Morgan fingerprint density at radius 3 is 2.33 bits per heavy atom. The Morgan fingerprint density at radius 2 is 1.74 bits per heavy atom. The Bertz CT molecular complexity index is 1440. The number of piperidine rings is 1. The highest BCUT2D eigenvalue weighted by atomic mass is 16.4. The SMILES string of the molecule is CN(C)[C@@H]1C(=O)C(C(=O)NCN2CCC(C(=O)O)CC2)=C(O)[C@@]2(O)C(=O)C3=C(O)c4c(O)cccc4[C@@](C)(O)[C@H]3C[C@@H]12. The van der Waals surface area contributed by atoms with Crippen LogP contribution in [-0.2, 0) is 24.8 Å². The van der Waals surface area contributed by atoms with Crippen molar-refractivity contribution < 1.29 is 49.8 Å². The van der Waals surface area contributed by atoms with Gasteiger partial charge in [0.1, 0.15) is 22.8 Å². The molecule has 1 aromatic rings. The number of aromatic hydroxyl groups is 1. The molecule has 1 saturated heterocycles. The van der Waals surface area contributed by atoms with Crippen molar-refractivity contribution in [2.24, 2.45) is 17.8 Å². The maximum absolute atomic E-state index is 14.1. The van der Waals surface area contributed by atoms with Crippen LogP contribution in [0.3, 0.4) is 0 Å². The van der Waals surface area contributed by atoms with Crippen LogP contribution in [-0.4, -0.2) is 109 Å². The number of aliphatic hydroxyl groups excluding tert-OH is 2. The van der Waals surface area contributed by atoms with Crippen molar-refractivity contribution >= 4 is 29.2 Å². The number of nitrogens with one attached hydrogen (secondary N) is 1. The van der Waals surface area contributed by atoms with Gasteiger partial charge in [0.15, 0.2) is 11.4 Å². The molecule has 226 valence electrons. The Hall–Kier alpha value is -3.78. The number of likely N-dealkylation sites (N-methyl/N-ethyl adjacent to an activating group) is 1. The number of carboxylic acid groups (broad SMARTS) is 1. The number of aliphatic hydroxyl groups is 4. The summed E-state index contributed by atoms with van der Waals surface area (Å²) in [5.41, 5.74) is -5.86. The first-order valence-corrected chi connectivity index (χ1v) is 13.8. The molecular weight excluding hydrogens is 550 g/mol. The molecule has 0 aromatic heterocycles. The number of hydrogen-bond acceptors (Lipinski definition) is 11. The first kappa shape index (κ1) is 29.7. The maximum Gasteiger partial charge on any atom is 0.306 e. The molecule has 1 heterocycles. The highest BCUT2D eigenvalue weighted by Gasteiger charge is 2.66. The number of likely N-dealkylation sites (tertiary alicyclic amines) is 1. The smallest absolute Gasteiger partial charge is 0.306 e. The fraction of sp³-hybridized carbons (Fsp3) is 0.517. The predicted molar refractivity (Wildman–Crippen MR) is 146 cm³/mol. The lowest BCUT2D eigenvalue weighted by atomic mass is 9.54. The normalized spacial score (nSPS) is 32.0. The number of carboxylic acids is 1. The zero-order valence-corrected chi connectivity index (χ0v) is 23.5. The molecule has 2 fully saturated rings. The summed E-state index contributed by atoms with van der Waals surface area (Å²) in [6, 6.07) is 2.98. The van der Waals surface area contributed by atoms with Crippen LogP contribution in [0.2, 0.25) is 0 Å². The van der Waals surface area contributed by atoms with Gasteiger partial charge in [0.2, 0.25) is 5.78 Å². The van der Waals surface area contributed by atoms with Crippen molar-refractivity contribution in [1.82, 2.24) is 15.1 Å². The summed E-state index contributed by atoms with van der Waals surface area (Å²) in [4.78, 5) is 55.6. The predicted octanol–water partition coefficient (Wildman–Crippen LogP) is 0.0140. The lowest BCUT2D eigenvalue weighted by Crippen LogP contribution is -2.67. The first-order chi connectivity index (χ1) is 19.6. The molecule has 13 heteroatoms. The van der Waals surface area contributed by atoms with Crippen molar-refractivity contribution in [3.05, 3.63) is 46.2 Å². The molecule has 1 aromatic carbocycles. The molecule has 0 unspecified atom stereocenters. The third kappa shape index (κ3) is 4.22. The molecular formula is C29H35N3O10. The number of carbonyl (C=O) groups excluding carboxylic acids is 3. The van der Waals surface area contributed by atoms with Crippen LogP contribution in [0.1, 0.15) is 37.3 Å². The van der Waals surface area contributed by atoms with Crippen LogP contribution in [0, 0.1) is 17.8 Å². The Kier molecular flexibility index (Phi) is 7.21. The summed E-state index contributed by atoms with van der Waals surface area (Å²) in [5, 5.41) is 68.3. The summed E-state index contributed by atoms with van der Waals surface area (Å²) in [6.45, 7) is 2.10. The molecule has 1 amide bonds. The van der Waals surface area contributed by atoms with Crippen molar-refractivity contribution in [3.63, 3.8) is 0 Å². The molecule has 1 aliphatic heterocycles. The third-order valence-corrected chi connectivity index (χ3v) is 9.40. The summed E-state index contributed by atoms with van der Waals surface area (Å²) in [6.07, 6.45) is 0.522. The van der Waals surface area contributed by atoms with Gasteiger partial charge in [-0.1, -0.05) is 12.1 Å². The number of nitrogens with zero attached hydrogens (tertiary/aromatic N) is 2. The van der Waals surface area contributed by atoms with Gasteiger partial charge in [0, 0.05) is 30.5 Å². The maximum atomic E-state index is 14.1. The second-order valence-corrected chi connectivity index (χ2v) is 12.0. The minimum absolute atomic E-state index is 0.0649. The van der Waals surface area contributed by atoms with E-state index in [1.807, 2.05) is 0 Å². The summed E-state index contributed by atoms with van der Waals surface area (Å²) < 4.78 is 0. The van der Waals surface area contributed by atoms with Crippen molar-refractivity contribution in [2.75, 3.05) is 33.9 Å². The van der Waals surface area contributed by atoms with E-state index in [4.69, 9.17) is 0 Å². The van der Waals surface area contributed by atoms with Gasteiger partial charge < -0.3 is 36.0 Å². The fourth-order valence-corrected chi connectivity index (χ4v) is 7.09. The average molecular weight is 586 g/mol. The lowest BCUT2D eigenvalue weighted by molar-refractivity contribution is -0.159. The van der Waals surface area contributed by atoms with Crippen LogP contribution >= 0.6 is 0 Å². The van der Waals surface area contributed by atoms with E-state index in [-0.39, 0.29) is 24.2 Å². The van der Waals surface area contributed by atoms with E-state index in [1.54, 1.807) is 4.90 Å². The average Bonchev–Trinajstić information content (AvgIpc) is 2.92. The van der Waals surface area contributed by atoms with E-state index >= 15 is 0 Å². The van der Waals surface area contributed by atoms with Crippen molar-refractivity contribution in [2.45, 2.75) is 43.4 Å². The number of ketones is 2. The number of hydrogen-bond donors (Lipinski definition) is 7. The second kappa shape index (κ2) is 10.2. The van der Waals surface area contributed by atoms with Crippen molar-refractivity contribution in [1.29, 1.82) is 0 Å². The quantitative estimate of drug-likeness (QED) is 0.228. The molecule has 0 bridgehead atoms. The highest BCUT2D eigenvalue weighted by Crippen LogP contribution is 2.57. The van der Waals surface area contributed by atoms with Gasteiger partial charge in [-0.25, -0.2) is 0 Å². The molecule has 3 aliphatic carbocycles. The molecule has 0 spiro atoms. The number of rotatable bonds is 5. The topological polar surface area (TPSA) is 208 Å². The van der Waals surface area contributed by atoms with Gasteiger partial charge in [-0.3, -0.25) is 29.0 Å². The zero-order chi connectivity index (χ0) is 30.9. The minimum atomic E-state index is -2.80. The molecule has 5 atom stereocenters. The fourth-order valence-electron chi connectivity index (χ4n) is 7.09. The van der Waals surface area contributed by atoms with Gasteiger partial charge in [0.25, 0.3) is 5.91 Å². The van der Waals surface area contributed by atoms with Crippen LogP contribution in [0.15, 0.2) is 35.1 Å². The third-order valence-electron chi connectivity index (χ3n) is 9.40. The van der Waals surface area contributed by atoms with E-state index in [9.17, 15) is 49.8 Å². The minimum Gasteiger partial charge on any atom is -0.508 e. The van der Waals surface area contributed by atoms with E-state index in [0.29, 0.717) is 25.9 Å². The van der Waals surface area contributed by atoms with Crippen molar-refractivity contribution in [3.8, 4) is 5.75 Å². The summed E-state index contributed by atoms with van der Waals surface area (Å²) in [7, 11) is 3.04. The molecule has 7 N–H and O–H groups in total. The standard InChI is InChI=1S/C29H35N3O10/c1-28(41)14-5-4-6-17(33)18(14)22(34)19-15(28)11-16-21(31(2)3)23(35)20(25(37)29(16,42)24(19)36)26(38)30-12-32-9-7-13(8-10-32)27(39)40/h4-6,13,15-16,21,33-34,37,41-42H,7-12H2,1-3H3,(H,30,38)(H,39,40)/t15-,16-,21-,28+,29-/m0/s1. The molecule has 5 rings (SSSR count). The number of phenolic OH excluding ortho intramolecular Hbond substituents is 1. The van der Waals surface area contributed by atoms with Gasteiger partial charge in [-0.15, -0.1) is 0 Å². The zero-order valence-electron chi connectivity index (χ0n) is 23.5. The van der Waals surface area contributed by atoms with Crippen LogP contribution in [0.5, 0.6) is 5.75 Å².